The van der Waals surface area contributed by atoms with Gasteiger partial charge in [0.2, 0.25) is 0 Å². The molecule has 0 spiro atoms. The van der Waals surface area contributed by atoms with Gasteiger partial charge in [0.25, 0.3) is 0 Å². The molecular weight excluding hydrogens is 460 g/mol. The molecule has 2 aromatic carbocycles. The van der Waals surface area contributed by atoms with Crippen LogP contribution >= 0.6 is 11.6 Å². The summed E-state index contributed by atoms with van der Waals surface area (Å²) >= 11 is 5.98. The molecule has 4 nitrogen and oxygen atoms in total. The lowest BCUT2D eigenvalue weighted by atomic mass is 9.82. The summed E-state index contributed by atoms with van der Waals surface area (Å²) in [5.41, 5.74) is -2.05. The van der Waals surface area contributed by atoms with Gasteiger partial charge < -0.3 is 15.2 Å². The first-order valence-electron chi connectivity index (χ1n) is 10.5. The van der Waals surface area contributed by atoms with Gasteiger partial charge in [-0.3, -0.25) is 4.98 Å². The maximum atomic E-state index is 15.4. The van der Waals surface area contributed by atoms with Gasteiger partial charge in [0.1, 0.15) is 0 Å². The Morgan fingerprint density at radius 3 is 2.55 bits per heavy atom. The van der Waals surface area contributed by atoms with Crippen LogP contribution < -0.4 is 10.1 Å². The number of rotatable bonds is 7. The van der Waals surface area contributed by atoms with Crippen LogP contribution in [0.25, 0.3) is 10.9 Å². The lowest BCUT2D eigenvalue weighted by Gasteiger charge is -2.39. The van der Waals surface area contributed by atoms with Crippen molar-refractivity contribution in [2.75, 3.05) is 12.4 Å². The first kappa shape index (κ1) is 23.6. The number of nitrogens with zero attached hydrogens (tertiary/aromatic N) is 1. The van der Waals surface area contributed by atoms with Crippen molar-refractivity contribution in [3.05, 3.63) is 64.6 Å². The highest BCUT2D eigenvalue weighted by molar-refractivity contribution is 6.32. The molecule has 1 heterocycles. The number of benzene rings is 2. The fourth-order valence-corrected chi connectivity index (χ4v) is 4.33. The van der Waals surface area contributed by atoms with Crippen LogP contribution in [0.4, 0.5) is 23.2 Å². The Kier molecular flexibility index (Phi) is 6.18. The van der Waals surface area contributed by atoms with E-state index in [-0.39, 0.29) is 22.4 Å². The summed E-state index contributed by atoms with van der Waals surface area (Å²) in [6, 6.07) is 8.94. The van der Waals surface area contributed by atoms with Crippen molar-refractivity contribution in [3.8, 4) is 5.75 Å². The van der Waals surface area contributed by atoms with Crippen LogP contribution in [0.2, 0.25) is 5.02 Å². The van der Waals surface area contributed by atoms with Crippen molar-refractivity contribution >= 4 is 28.2 Å². The Bertz CT molecular complexity index is 1180. The SMILES string of the molecule is COc1c(Cl)ccc(C(Nc2cccc3nc(C)ccc23)C(O)(CC2CC2)C(F)(F)F)c1F. The number of fused-ring (bicyclic) bond motifs is 1. The molecule has 0 aliphatic heterocycles. The quantitative estimate of drug-likeness (QED) is 0.373. The van der Waals surface area contributed by atoms with E-state index >= 15 is 4.39 Å². The van der Waals surface area contributed by atoms with Crippen LogP contribution in [0.3, 0.4) is 0 Å². The highest BCUT2D eigenvalue weighted by atomic mass is 35.5. The summed E-state index contributed by atoms with van der Waals surface area (Å²) in [4.78, 5) is 4.41. The van der Waals surface area contributed by atoms with Crippen LogP contribution in [0, 0.1) is 18.7 Å². The molecule has 2 N–H and O–H groups in total. The van der Waals surface area contributed by atoms with Crippen molar-refractivity contribution in [3.63, 3.8) is 0 Å². The van der Waals surface area contributed by atoms with Crippen molar-refractivity contribution < 1.29 is 27.4 Å². The molecule has 9 heteroatoms. The van der Waals surface area contributed by atoms with Gasteiger partial charge in [-0.15, -0.1) is 0 Å². The zero-order chi connectivity index (χ0) is 24.0. The highest BCUT2D eigenvalue weighted by Crippen LogP contribution is 2.51. The average molecular weight is 483 g/mol. The minimum atomic E-state index is -5.04. The molecule has 1 aliphatic rings. The number of anilines is 1. The fraction of sp³-hybridized carbons (Fsp3) is 0.375. The van der Waals surface area contributed by atoms with Crippen LogP contribution in [0.1, 0.15) is 36.6 Å². The van der Waals surface area contributed by atoms with Gasteiger partial charge in [0.15, 0.2) is 17.2 Å². The number of aliphatic hydroxyl groups is 1. The van der Waals surface area contributed by atoms with E-state index < -0.39 is 35.6 Å². The van der Waals surface area contributed by atoms with E-state index in [1.54, 1.807) is 37.3 Å². The molecule has 0 radical (unpaired) electrons. The van der Waals surface area contributed by atoms with Crippen molar-refractivity contribution in [2.45, 2.75) is 44.0 Å². The van der Waals surface area contributed by atoms with E-state index in [9.17, 15) is 18.3 Å². The van der Waals surface area contributed by atoms with Crippen LogP contribution in [0.15, 0.2) is 42.5 Å². The normalized spacial score (nSPS) is 17.0. The summed E-state index contributed by atoms with van der Waals surface area (Å²) < 4.78 is 63.6. The lowest BCUT2D eigenvalue weighted by Crippen LogP contribution is -2.53. The third kappa shape index (κ3) is 4.46. The Hall–Kier alpha value is -2.58. The van der Waals surface area contributed by atoms with Crippen LogP contribution in [-0.2, 0) is 0 Å². The summed E-state index contributed by atoms with van der Waals surface area (Å²) in [5, 5.41) is 14.4. The van der Waals surface area contributed by atoms with E-state index in [4.69, 9.17) is 16.3 Å². The molecule has 2 atom stereocenters. The van der Waals surface area contributed by atoms with Gasteiger partial charge in [0, 0.05) is 22.3 Å². The molecule has 33 heavy (non-hydrogen) atoms. The second-order valence-electron chi connectivity index (χ2n) is 8.46. The van der Waals surface area contributed by atoms with E-state index in [2.05, 4.69) is 10.3 Å². The van der Waals surface area contributed by atoms with Crippen molar-refractivity contribution in [1.29, 1.82) is 0 Å². The second-order valence-corrected chi connectivity index (χ2v) is 8.86. The van der Waals surface area contributed by atoms with E-state index in [1.165, 1.54) is 13.2 Å². The second kappa shape index (κ2) is 8.65. The summed E-state index contributed by atoms with van der Waals surface area (Å²) in [6.45, 7) is 1.80. The van der Waals surface area contributed by atoms with Gasteiger partial charge in [-0.25, -0.2) is 4.39 Å². The van der Waals surface area contributed by atoms with Gasteiger partial charge in [0.05, 0.1) is 23.7 Å². The first-order valence-corrected chi connectivity index (χ1v) is 10.9. The van der Waals surface area contributed by atoms with E-state index in [1.807, 2.05) is 0 Å². The number of ether oxygens (including phenoxy) is 1. The molecule has 1 aromatic heterocycles. The molecule has 0 amide bonds. The maximum absolute atomic E-state index is 15.4. The Balaban J connectivity index is 1.91. The minimum Gasteiger partial charge on any atom is -0.492 e. The zero-order valence-corrected chi connectivity index (χ0v) is 18.8. The number of hydrogen-bond donors (Lipinski definition) is 2. The van der Waals surface area contributed by atoms with Crippen LogP contribution in [0.5, 0.6) is 5.75 Å². The number of hydrogen-bond acceptors (Lipinski definition) is 4. The van der Waals surface area contributed by atoms with Gasteiger partial charge in [-0.05, 0) is 49.6 Å². The van der Waals surface area contributed by atoms with E-state index in [0.29, 0.717) is 23.7 Å². The zero-order valence-electron chi connectivity index (χ0n) is 18.0. The molecule has 1 aliphatic carbocycles. The molecule has 0 bridgehead atoms. The van der Waals surface area contributed by atoms with Crippen LogP contribution in [-0.4, -0.2) is 29.0 Å². The standard InChI is InChI=1S/C24H23ClF4N2O2/c1-13-6-9-15-18(30-13)4-3-5-19(15)31-22(16-10-11-17(25)21(33-2)20(16)26)23(32,24(27,28)29)12-14-7-8-14/h3-6,9-11,14,22,31-32H,7-8,12H2,1-2H3. The molecule has 0 saturated heterocycles. The minimum absolute atomic E-state index is 0.0833. The Morgan fingerprint density at radius 1 is 1.18 bits per heavy atom. The van der Waals surface area contributed by atoms with Gasteiger partial charge >= 0.3 is 6.18 Å². The number of pyridine rings is 1. The van der Waals surface area contributed by atoms with Crippen molar-refractivity contribution in [1.82, 2.24) is 4.98 Å². The summed E-state index contributed by atoms with van der Waals surface area (Å²) in [5.74, 6) is -1.74. The number of alkyl halides is 3. The number of aryl methyl sites for hydroxylation is 1. The number of nitrogens with one attached hydrogen (secondary N) is 1. The Labute approximate surface area is 193 Å². The van der Waals surface area contributed by atoms with Crippen molar-refractivity contribution in [2.24, 2.45) is 5.92 Å². The summed E-state index contributed by atoms with van der Waals surface area (Å²) in [7, 11) is 1.18. The molecule has 176 valence electrons. The number of methoxy groups -OCH3 is 1. The Morgan fingerprint density at radius 2 is 1.91 bits per heavy atom. The molecule has 1 saturated carbocycles. The monoisotopic (exact) mass is 482 g/mol. The first-order chi connectivity index (χ1) is 15.5. The summed E-state index contributed by atoms with van der Waals surface area (Å²) in [6.07, 6.45) is -4.43. The fourth-order valence-electron chi connectivity index (χ4n) is 4.11. The molecule has 2 unspecified atom stereocenters. The molecule has 4 rings (SSSR count). The predicted octanol–water partition coefficient (Wildman–Crippen LogP) is 6.59. The molecular formula is C24H23ClF4N2O2. The van der Waals surface area contributed by atoms with Gasteiger partial charge in [-0.1, -0.05) is 36.6 Å². The number of halogens is 5. The third-order valence-corrected chi connectivity index (χ3v) is 6.33. The molecule has 1 fully saturated rings. The maximum Gasteiger partial charge on any atom is 0.419 e. The largest absolute Gasteiger partial charge is 0.492 e. The topological polar surface area (TPSA) is 54.4 Å². The van der Waals surface area contributed by atoms with Gasteiger partial charge in [-0.2, -0.15) is 13.2 Å². The lowest BCUT2D eigenvalue weighted by molar-refractivity contribution is -0.270. The predicted molar refractivity (Wildman–Crippen MR) is 119 cm³/mol. The highest BCUT2D eigenvalue weighted by Gasteiger charge is 2.61. The molecule has 3 aromatic rings. The average Bonchev–Trinajstić information content (AvgIpc) is 3.55. The third-order valence-electron chi connectivity index (χ3n) is 6.03. The number of aromatic nitrogens is 1. The smallest absolute Gasteiger partial charge is 0.419 e. The van der Waals surface area contributed by atoms with E-state index in [0.717, 1.165) is 11.8 Å².